The molecule has 1 aliphatic rings. The number of hydrogen-bond donors (Lipinski definition) is 0. The fourth-order valence-electron chi connectivity index (χ4n) is 2.56. The van der Waals surface area contributed by atoms with Gasteiger partial charge in [0.05, 0.1) is 18.2 Å². The number of ether oxygens (including phenoxy) is 2. The first-order chi connectivity index (χ1) is 10.7. The van der Waals surface area contributed by atoms with E-state index in [2.05, 4.69) is 10.1 Å². The summed E-state index contributed by atoms with van der Waals surface area (Å²) >= 11 is 12.2. The molecule has 3 aromatic rings. The molecule has 3 heterocycles. The van der Waals surface area contributed by atoms with Crippen LogP contribution in [-0.2, 0) is 21.8 Å². The van der Waals surface area contributed by atoms with Gasteiger partial charge in [-0.05, 0) is 18.2 Å². The predicted octanol–water partition coefficient (Wildman–Crippen LogP) is 3.23. The van der Waals surface area contributed by atoms with Gasteiger partial charge in [0.2, 0.25) is 5.79 Å². The number of nitrogens with zero attached hydrogens (tertiary/aromatic N) is 3. The highest BCUT2D eigenvalue weighted by molar-refractivity contribution is 6.38. The molecule has 2 aromatic heterocycles. The van der Waals surface area contributed by atoms with Gasteiger partial charge >= 0.3 is 0 Å². The summed E-state index contributed by atoms with van der Waals surface area (Å²) in [5.41, 5.74) is 0.554. The lowest BCUT2D eigenvalue weighted by Crippen LogP contribution is -2.32. The lowest BCUT2D eigenvalue weighted by atomic mass is 10.2. The molecular weight excluding hydrogens is 329 g/mol. The summed E-state index contributed by atoms with van der Waals surface area (Å²) in [5, 5.41) is 5.88. The first-order valence-electron chi connectivity index (χ1n) is 6.66. The van der Waals surface area contributed by atoms with E-state index in [0.717, 1.165) is 5.39 Å². The van der Waals surface area contributed by atoms with Crippen LogP contribution in [0.1, 0.15) is 5.76 Å². The van der Waals surface area contributed by atoms with Crippen molar-refractivity contribution < 1.29 is 13.9 Å². The highest BCUT2D eigenvalue weighted by Gasteiger charge is 2.43. The predicted molar refractivity (Wildman–Crippen MR) is 79.8 cm³/mol. The summed E-state index contributed by atoms with van der Waals surface area (Å²) in [4.78, 5) is 3.93. The van der Waals surface area contributed by atoms with Crippen molar-refractivity contribution in [2.24, 2.45) is 0 Å². The summed E-state index contributed by atoms with van der Waals surface area (Å²) in [5.74, 6) is -0.512. The SMILES string of the molecule is Clc1cc(Cl)c2oc(C3(Cn4cncn4)OCCO3)cc2c1. The molecule has 4 rings (SSSR count). The summed E-state index contributed by atoms with van der Waals surface area (Å²) in [6.45, 7) is 1.28. The van der Waals surface area contributed by atoms with Crippen molar-refractivity contribution >= 4 is 34.2 Å². The van der Waals surface area contributed by atoms with E-state index >= 15 is 0 Å². The lowest BCUT2D eigenvalue weighted by Gasteiger charge is -2.24. The van der Waals surface area contributed by atoms with Gasteiger partial charge in [-0.25, -0.2) is 9.67 Å². The maximum atomic E-state index is 6.18. The number of rotatable bonds is 3. The molecule has 0 amide bonds. The maximum Gasteiger partial charge on any atom is 0.248 e. The molecule has 22 heavy (non-hydrogen) atoms. The number of aromatic nitrogens is 3. The van der Waals surface area contributed by atoms with Gasteiger partial charge in [-0.2, -0.15) is 5.10 Å². The van der Waals surface area contributed by atoms with Gasteiger partial charge in [0.15, 0.2) is 11.3 Å². The lowest BCUT2D eigenvalue weighted by molar-refractivity contribution is -0.189. The van der Waals surface area contributed by atoms with Gasteiger partial charge in [-0.3, -0.25) is 0 Å². The minimum atomic E-state index is -1.04. The topological polar surface area (TPSA) is 62.3 Å². The van der Waals surface area contributed by atoms with E-state index in [4.69, 9.17) is 37.1 Å². The van der Waals surface area contributed by atoms with Crippen molar-refractivity contribution in [2.75, 3.05) is 13.2 Å². The Morgan fingerprint density at radius 2 is 2.00 bits per heavy atom. The van der Waals surface area contributed by atoms with Crippen LogP contribution < -0.4 is 0 Å². The Morgan fingerprint density at radius 3 is 2.73 bits per heavy atom. The van der Waals surface area contributed by atoms with Crippen LogP contribution >= 0.6 is 23.2 Å². The van der Waals surface area contributed by atoms with Crippen LogP contribution in [0.4, 0.5) is 0 Å². The van der Waals surface area contributed by atoms with Crippen LogP contribution in [0.25, 0.3) is 11.0 Å². The number of halogens is 2. The highest BCUT2D eigenvalue weighted by Crippen LogP contribution is 2.39. The summed E-state index contributed by atoms with van der Waals surface area (Å²) < 4.78 is 19.2. The Labute approximate surface area is 135 Å². The molecule has 1 aliphatic heterocycles. The average molecular weight is 340 g/mol. The average Bonchev–Trinajstić information content (AvgIpc) is 3.18. The number of hydrogen-bond acceptors (Lipinski definition) is 5. The van der Waals surface area contributed by atoms with Crippen molar-refractivity contribution in [1.29, 1.82) is 0 Å². The van der Waals surface area contributed by atoms with Gasteiger partial charge in [0.25, 0.3) is 0 Å². The fourth-order valence-corrected chi connectivity index (χ4v) is 3.11. The number of furan rings is 1. The second-order valence-corrected chi connectivity index (χ2v) is 5.80. The first-order valence-corrected chi connectivity index (χ1v) is 7.41. The third-order valence-electron chi connectivity index (χ3n) is 3.50. The van der Waals surface area contributed by atoms with Crippen LogP contribution in [0.3, 0.4) is 0 Å². The van der Waals surface area contributed by atoms with Gasteiger partial charge in [0, 0.05) is 10.4 Å². The molecule has 0 saturated carbocycles. The van der Waals surface area contributed by atoms with E-state index in [1.165, 1.54) is 6.33 Å². The Balaban J connectivity index is 1.81. The van der Waals surface area contributed by atoms with Crippen molar-refractivity contribution in [2.45, 2.75) is 12.3 Å². The molecule has 0 aliphatic carbocycles. The molecule has 8 heteroatoms. The van der Waals surface area contributed by atoms with Crippen molar-refractivity contribution in [3.05, 3.63) is 46.7 Å². The molecule has 1 fully saturated rings. The van der Waals surface area contributed by atoms with Crippen LogP contribution in [0.2, 0.25) is 10.0 Å². The third kappa shape index (κ3) is 2.28. The molecule has 1 aromatic carbocycles. The van der Waals surface area contributed by atoms with Crippen LogP contribution in [0.15, 0.2) is 35.3 Å². The van der Waals surface area contributed by atoms with Crippen molar-refractivity contribution in [3.63, 3.8) is 0 Å². The van der Waals surface area contributed by atoms with E-state index in [9.17, 15) is 0 Å². The zero-order valence-corrected chi connectivity index (χ0v) is 12.8. The van der Waals surface area contributed by atoms with Gasteiger partial charge in [-0.1, -0.05) is 23.2 Å². The Kier molecular flexibility index (Phi) is 3.34. The molecule has 0 bridgehead atoms. The molecule has 0 N–H and O–H groups in total. The van der Waals surface area contributed by atoms with Crippen LogP contribution in [0.5, 0.6) is 0 Å². The largest absolute Gasteiger partial charge is 0.454 e. The molecule has 0 atom stereocenters. The summed E-state index contributed by atoms with van der Waals surface area (Å²) in [7, 11) is 0. The molecule has 0 unspecified atom stereocenters. The van der Waals surface area contributed by atoms with Gasteiger partial charge in [0.1, 0.15) is 19.2 Å². The Hall–Kier alpha value is -1.60. The normalized spacial score (nSPS) is 17.4. The maximum absolute atomic E-state index is 6.18. The molecule has 0 spiro atoms. The summed E-state index contributed by atoms with van der Waals surface area (Å²) in [6, 6.07) is 5.25. The fraction of sp³-hybridized carbons (Fsp3) is 0.286. The van der Waals surface area contributed by atoms with Gasteiger partial charge < -0.3 is 13.9 Å². The highest BCUT2D eigenvalue weighted by atomic mass is 35.5. The standard InChI is InChI=1S/C14H11Cl2N3O3/c15-10-3-9-4-12(22-13(9)11(16)5-10)14(20-1-2-21-14)6-19-8-17-7-18-19/h3-5,7-8H,1-2,6H2. The van der Waals surface area contributed by atoms with Crippen LogP contribution in [0, 0.1) is 0 Å². The first kappa shape index (κ1) is 14.0. The van der Waals surface area contributed by atoms with E-state index in [0.29, 0.717) is 41.1 Å². The zero-order chi connectivity index (χ0) is 15.2. The van der Waals surface area contributed by atoms with E-state index in [1.54, 1.807) is 23.1 Å². The van der Waals surface area contributed by atoms with Crippen molar-refractivity contribution in [3.8, 4) is 0 Å². The second kappa shape index (κ2) is 5.24. The van der Waals surface area contributed by atoms with E-state index in [1.807, 2.05) is 6.07 Å². The molecule has 6 nitrogen and oxygen atoms in total. The second-order valence-electron chi connectivity index (χ2n) is 4.96. The molecule has 0 radical (unpaired) electrons. The zero-order valence-electron chi connectivity index (χ0n) is 11.3. The third-order valence-corrected chi connectivity index (χ3v) is 4.00. The molecule has 114 valence electrons. The molecular formula is C14H11Cl2N3O3. The van der Waals surface area contributed by atoms with Gasteiger partial charge in [-0.15, -0.1) is 0 Å². The minimum absolute atomic E-state index is 0.332. The quantitative estimate of drug-likeness (QED) is 0.733. The van der Waals surface area contributed by atoms with Crippen LogP contribution in [-0.4, -0.2) is 28.0 Å². The monoisotopic (exact) mass is 339 g/mol. The van der Waals surface area contributed by atoms with Crippen molar-refractivity contribution in [1.82, 2.24) is 14.8 Å². The Morgan fingerprint density at radius 1 is 1.18 bits per heavy atom. The van der Waals surface area contributed by atoms with E-state index < -0.39 is 5.79 Å². The number of benzene rings is 1. The van der Waals surface area contributed by atoms with E-state index in [-0.39, 0.29) is 0 Å². The summed E-state index contributed by atoms with van der Waals surface area (Å²) in [6.07, 6.45) is 3.05. The molecule has 1 saturated heterocycles. The smallest absolute Gasteiger partial charge is 0.248 e. The minimum Gasteiger partial charge on any atom is -0.454 e. The number of fused-ring (bicyclic) bond motifs is 1. The Bertz CT molecular complexity index is 810.